The standard InChI is InChI=1S/C18H24BrN3O4/c1-20-18(25)14-4-3-9-22(14)17(24)11-21-16(23)8-6-12-5-7-15(26-2)13(19)10-12/h5,7,10,14H,3-4,6,8-9,11H2,1-2H3,(H,20,25)(H,21,23). The van der Waals surface area contributed by atoms with Gasteiger partial charge in [0.15, 0.2) is 0 Å². The summed E-state index contributed by atoms with van der Waals surface area (Å²) in [4.78, 5) is 37.6. The molecule has 1 aliphatic rings. The largest absolute Gasteiger partial charge is 0.496 e. The van der Waals surface area contributed by atoms with Crippen molar-refractivity contribution in [2.24, 2.45) is 0 Å². The van der Waals surface area contributed by atoms with Gasteiger partial charge < -0.3 is 20.3 Å². The number of likely N-dealkylation sites (N-methyl/N-ethyl adjacent to an activating group) is 1. The van der Waals surface area contributed by atoms with E-state index in [9.17, 15) is 14.4 Å². The molecular weight excluding hydrogens is 402 g/mol. The lowest BCUT2D eigenvalue weighted by Crippen LogP contribution is -2.48. The van der Waals surface area contributed by atoms with E-state index >= 15 is 0 Å². The van der Waals surface area contributed by atoms with E-state index in [4.69, 9.17) is 4.74 Å². The molecule has 0 spiro atoms. The summed E-state index contributed by atoms with van der Waals surface area (Å²) in [5, 5.41) is 5.22. The topological polar surface area (TPSA) is 87.7 Å². The fourth-order valence-corrected chi connectivity index (χ4v) is 3.58. The number of amides is 3. The molecule has 7 nitrogen and oxygen atoms in total. The normalized spacial score (nSPS) is 16.3. The number of ether oxygens (including phenoxy) is 1. The Bertz CT molecular complexity index is 680. The third kappa shape index (κ3) is 5.20. The second kappa shape index (κ2) is 9.56. The summed E-state index contributed by atoms with van der Waals surface area (Å²) < 4.78 is 6.01. The number of likely N-dealkylation sites (tertiary alicyclic amines) is 1. The molecule has 1 unspecified atom stereocenters. The number of hydrogen-bond acceptors (Lipinski definition) is 4. The van der Waals surface area contributed by atoms with Crippen LogP contribution in [0.25, 0.3) is 0 Å². The first-order valence-corrected chi connectivity index (χ1v) is 9.35. The summed E-state index contributed by atoms with van der Waals surface area (Å²) in [6, 6.07) is 5.23. The van der Waals surface area contributed by atoms with E-state index in [1.165, 1.54) is 0 Å². The number of benzene rings is 1. The van der Waals surface area contributed by atoms with Crippen molar-refractivity contribution in [2.45, 2.75) is 31.7 Å². The maximum atomic E-state index is 12.3. The van der Waals surface area contributed by atoms with Crippen LogP contribution in [0.2, 0.25) is 0 Å². The highest BCUT2D eigenvalue weighted by Crippen LogP contribution is 2.26. The molecule has 1 saturated heterocycles. The Hall–Kier alpha value is -2.09. The molecule has 0 aliphatic carbocycles. The predicted octanol–water partition coefficient (Wildman–Crippen LogP) is 1.24. The molecule has 1 heterocycles. The van der Waals surface area contributed by atoms with Gasteiger partial charge in [-0.05, 0) is 52.9 Å². The van der Waals surface area contributed by atoms with Gasteiger partial charge in [-0.1, -0.05) is 6.07 Å². The highest BCUT2D eigenvalue weighted by atomic mass is 79.9. The van der Waals surface area contributed by atoms with Gasteiger partial charge in [0.2, 0.25) is 17.7 Å². The Morgan fingerprint density at radius 3 is 2.77 bits per heavy atom. The van der Waals surface area contributed by atoms with Gasteiger partial charge in [0.05, 0.1) is 18.1 Å². The first-order chi connectivity index (χ1) is 12.5. The zero-order chi connectivity index (χ0) is 19.1. The SMILES string of the molecule is CNC(=O)C1CCCN1C(=O)CNC(=O)CCc1ccc(OC)c(Br)c1. The van der Waals surface area contributed by atoms with Crippen LogP contribution in [-0.2, 0) is 20.8 Å². The highest BCUT2D eigenvalue weighted by Gasteiger charge is 2.33. The molecule has 8 heteroatoms. The minimum Gasteiger partial charge on any atom is -0.496 e. The van der Waals surface area contributed by atoms with Gasteiger partial charge in [-0.15, -0.1) is 0 Å². The summed E-state index contributed by atoms with van der Waals surface area (Å²) in [6.07, 6.45) is 2.30. The summed E-state index contributed by atoms with van der Waals surface area (Å²) in [5.41, 5.74) is 0.998. The Balaban J connectivity index is 1.78. The van der Waals surface area contributed by atoms with Crippen LogP contribution in [0.4, 0.5) is 0 Å². The lowest BCUT2D eigenvalue weighted by molar-refractivity contribution is -0.138. The number of nitrogens with one attached hydrogen (secondary N) is 2. The quantitative estimate of drug-likeness (QED) is 0.687. The molecule has 0 bridgehead atoms. The molecule has 0 radical (unpaired) electrons. The third-order valence-electron chi connectivity index (χ3n) is 4.42. The molecule has 0 saturated carbocycles. The lowest BCUT2D eigenvalue weighted by atomic mass is 10.1. The molecule has 2 N–H and O–H groups in total. The van der Waals surface area contributed by atoms with Gasteiger partial charge in [0.1, 0.15) is 11.8 Å². The van der Waals surface area contributed by atoms with Crippen molar-refractivity contribution in [1.29, 1.82) is 0 Å². The molecule has 1 fully saturated rings. The van der Waals surface area contributed by atoms with Gasteiger partial charge in [0, 0.05) is 20.0 Å². The second-order valence-electron chi connectivity index (χ2n) is 6.11. The summed E-state index contributed by atoms with van der Waals surface area (Å²) in [6.45, 7) is 0.464. The van der Waals surface area contributed by atoms with E-state index in [0.29, 0.717) is 19.4 Å². The average molecular weight is 426 g/mol. The van der Waals surface area contributed by atoms with Crippen LogP contribution in [0.15, 0.2) is 22.7 Å². The van der Waals surface area contributed by atoms with Gasteiger partial charge in [0.25, 0.3) is 0 Å². The van der Waals surface area contributed by atoms with E-state index in [2.05, 4.69) is 26.6 Å². The van der Waals surface area contributed by atoms with E-state index in [1.807, 2.05) is 18.2 Å². The van der Waals surface area contributed by atoms with Crippen molar-refractivity contribution < 1.29 is 19.1 Å². The molecule has 1 atom stereocenters. The lowest BCUT2D eigenvalue weighted by Gasteiger charge is -2.23. The van der Waals surface area contributed by atoms with Crippen molar-refractivity contribution in [3.05, 3.63) is 28.2 Å². The molecular formula is C18H24BrN3O4. The fraction of sp³-hybridized carbons (Fsp3) is 0.500. The highest BCUT2D eigenvalue weighted by molar-refractivity contribution is 9.10. The minimum atomic E-state index is -0.430. The molecule has 1 aromatic carbocycles. The Morgan fingerprint density at radius 2 is 2.12 bits per heavy atom. The monoisotopic (exact) mass is 425 g/mol. The van der Waals surface area contributed by atoms with Crippen molar-refractivity contribution in [2.75, 3.05) is 27.2 Å². The first-order valence-electron chi connectivity index (χ1n) is 8.56. The number of nitrogens with zero attached hydrogens (tertiary/aromatic N) is 1. The van der Waals surface area contributed by atoms with Crippen LogP contribution < -0.4 is 15.4 Å². The molecule has 26 heavy (non-hydrogen) atoms. The zero-order valence-corrected chi connectivity index (χ0v) is 16.6. The van der Waals surface area contributed by atoms with E-state index in [0.717, 1.165) is 22.2 Å². The molecule has 142 valence electrons. The number of methoxy groups -OCH3 is 1. The van der Waals surface area contributed by atoms with Crippen LogP contribution in [0.3, 0.4) is 0 Å². The fourth-order valence-electron chi connectivity index (χ4n) is 2.99. The van der Waals surface area contributed by atoms with E-state index < -0.39 is 6.04 Å². The van der Waals surface area contributed by atoms with Gasteiger partial charge in [-0.25, -0.2) is 0 Å². The Kier molecular flexibility index (Phi) is 7.44. The van der Waals surface area contributed by atoms with Crippen LogP contribution >= 0.6 is 15.9 Å². The van der Waals surface area contributed by atoms with Crippen LogP contribution in [0.1, 0.15) is 24.8 Å². The molecule has 3 amide bonds. The van der Waals surface area contributed by atoms with Crippen LogP contribution in [-0.4, -0.2) is 55.9 Å². The van der Waals surface area contributed by atoms with Gasteiger partial charge in [-0.2, -0.15) is 0 Å². The maximum Gasteiger partial charge on any atom is 0.242 e. The van der Waals surface area contributed by atoms with Crippen LogP contribution in [0, 0.1) is 0 Å². The van der Waals surface area contributed by atoms with Crippen molar-refractivity contribution >= 4 is 33.7 Å². The van der Waals surface area contributed by atoms with Gasteiger partial charge in [-0.3, -0.25) is 14.4 Å². The minimum absolute atomic E-state index is 0.0847. The molecule has 2 rings (SSSR count). The van der Waals surface area contributed by atoms with E-state index in [1.54, 1.807) is 19.1 Å². The Morgan fingerprint density at radius 1 is 1.35 bits per heavy atom. The number of hydrogen-bond donors (Lipinski definition) is 2. The third-order valence-corrected chi connectivity index (χ3v) is 5.04. The van der Waals surface area contributed by atoms with Gasteiger partial charge >= 0.3 is 0 Å². The number of carbonyl (C=O) groups excluding carboxylic acids is 3. The summed E-state index contributed by atoms with van der Waals surface area (Å²) >= 11 is 3.42. The van der Waals surface area contributed by atoms with Crippen LogP contribution in [0.5, 0.6) is 5.75 Å². The number of aryl methyl sites for hydroxylation is 1. The predicted molar refractivity (Wildman–Crippen MR) is 101 cm³/mol. The Labute approximate surface area is 161 Å². The summed E-state index contributed by atoms with van der Waals surface area (Å²) in [5.74, 6) is 0.157. The maximum absolute atomic E-state index is 12.3. The smallest absolute Gasteiger partial charge is 0.242 e. The van der Waals surface area contributed by atoms with Crippen molar-refractivity contribution in [3.8, 4) is 5.75 Å². The first kappa shape index (κ1) is 20.2. The second-order valence-corrected chi connectivity index (χ2v) is 6.96. The number of halogens is 1. The molecule has 0 aromatic heterocycles. The molecule has 1 aliphatic heterocycles. The summed E-state index contributed by atoms with van der Waals surface area (Å²) in [7, 11) is 3.15. The number of carbonyl (C=O) groups is 3. The molecule has 1 aromatic rings. The van der Waals surface area contributed by atoms with E-state index in [-0.39, 0.29) is 30.7 Å². The number of rotatable bonds is 7. The van der Waals surface area contributed by atoms with Crippen molar-refractivity contribution in [1.82, 2.24) is 15.5 Å². The van der Waals surface area contributed by atoms with Crippen molar-refractivity contribution in [3.63, 3.8) is 0 Å². The average Bonchev–Trinajstić information content (AvgIpc) is 3.13. The zero-order valence-electron chi connectivity index (χ0n) is 15.0.